The fourth-order valence-corrected chi connectivity index (χ4v) is 2.47. The predicted octanol–water partition coefficient (Wildman–Crippen LogP) is 3.73. The molecule has 0 radical (unpaired) electrons. The first-order valence-electron chi connectivity index (χ1n) is 5.67. The van der Waals surface area contributed by atoms with Gasteiger partial charge in [0.15, 0.2) is 0 Å². The number of nitrogens with zero attached hydrogens (tertiary/aromatic N) is 1. The van der Waals surface area contributed by atoms with E-state index < -0.39 is 0 Å². The van der Waals surface area contributed by atoms with E-state index in [2.05, 4.69) is 6.07 Å². The van der Waals surface area contributed by atoms with Gasteiger partial charge in [0.2, 0.25) is 0 Å². The lowest BCUT2D eigenvalue weighted by Gasteiger charge is -2.06. The summed E-state index contributed by atoms with van der Waals surface area (Å²) in [5.41, 5.74) is 0.543. The van der Waals surface area contributed by atoms with Crippen molar-refractivity contribution in [2.24, 2.45) is 0 Å². The molecule has 0 N–H and O–H groups in total. The van der Waals surface area contributed by atoms with Crippen LogP contribution in [-0.4, -0.2) is 14.2 Å². The third-order valence-corrected chi connectivity index (χ3v) is 3.58. The summed E-state index contributed by atoms with van der Waals surface area (Å²) in [6, 6.07) is 15.5. The second-order valence-electron chi connectivity index (χ2n) is 3.75. The standard InChI is InChI=1S/C15H13NO2S/c1-17-12-3-5-13(6-4-12)19-14-7-8-15(18-2)11(9-14)10-16/h3-9H,1-2H3. The van der Waals surface area contributed by atoms with E-state index in [0.717, 1.165) is 15.5 Å². The van der Waals surface area contributed by atoms with E-state index in [4.69, 9.17) is 14.7 Å². The van der Waals surface area contributed by atoms with Crippen LogP contribution >= 0.6 is 11.8 Å². The van der Waals surface area contributed by atoms with Gasteiger partial charge in [-0.25, -0.2) is 0 Å². The van der Waals surface area contributed by atoms with Crippen molar-refractivity contribution in [2.45, 2.75) is 9.79 Å². The first-order chi connectivity index (χ1) is 9.26. The minimum Gasteiger partial charge on any atom is -0.497 e. The number of methoxy groups -OCH3 is 2. The number of benzene rings is 2. The highest BCUT2D eigenvalue weighted by Gasteiger charge is 2.05. The van der Waals surface area contributed by atoms with Gasteiger partial charge in [-0.3, -0.25) is 0 Å². The van der Waals surface area contributed by atoms with Gasteiger partial charge in [-0.1, -0.05) is 11.8 Å². The maximum Gasteiger partial charge on any atom is 0.136 e. The van der Waals surface area contributed by atoms with Crippen molar-refractivity contribution in [2.75, 3.05) is 14.2 Å². The Morgan fingerprint density at radius 3 is 2.21 bits per heavy atom. The van der Waals surface area contributed by atoms with Crippen LogP contribution in [0.15, 0.2) is 52.3 Å². The molecule has 0 amide bonds. The van der Waals surface area contributed by atoms with Gasteiger partial charge in [0, 0.05) is 9.79 Å². The van der Waals surface area contributed by atoms with Crippen LogP contribution in [0.2, 0.25) is 0 Å². The number of ether oxygens (including phenoxy) is 2. The van der Waals surface area contributed by atoms with Gasteiger partial charge in [0.1, 0.15) is 17.6 Å². The van der Waals surface area contributed by atoms with Gasteiger partial charge in [-0.15, -0.1) is 0 Å². The summed E-state index contributed by atoms with van der Waals surface area (Å²) in [7, 11) is 3.21. The number of hydrogen-bond acceptors (Lipinski definition) is 4. The van der Waals surface area contributed by atoms with Gasteiger partial charge in [0.05, 0.1) is 19.8 Å². The highest BCUT2D eigenvalue weighted by molar-refractivity contribution is 7.99. The van der Waals surface area contributed by atoms with Gasteiger partial charge in [-0.05, 0) is 42.5 Å². The molecule has 0 atom stereocenters. The van der Waals surface area contributed by atoms with Gasteiger partial charge in [-0.2, -0.15) is 5.26 Å². The summed E-state index contributed by atoms with van der Waals surface area (Å²) in [5, 5.41) is 9.05. The molecule has 3 nitrogen and oxygen atoms in total. The zero-order valence-corrected chi connectivity index (χ0v) is 11.5. The molecule has 0 fully saturated rings. The van der Waals surface area contributed by atoms with Crippen molar-refractivity contribution in [3.8, 4) is 17.6 Å². The summed E-state index contributed by atoms with van der Waals surface area (Å²) in [6.45, 7) is 0. The monoisotopic (exact) mass is 271 g/mol. The average Bonchev–Trinajstić information content (AvgIpc) is 2.48. The van der Waals surface area contributed by atoms with E-state index in [1.165, 1.54) is 0 Å². The molecule has 0 aromatic heterocycles. The van der Waals surface area contributed by atoms with Crippen LogP contribution in [-0.2, 0) is 0 Å². The van der Waals surface area contributed by atoms with Crippen molar-refractivity contribution >= 4 is 11.8 Å². The number of hydrogen-bond donors (Lipinski definition) is 0. The van der Waals surface area contributed by atoms with E-state index >= 15 is 0 Å². The third-order valence-electron chi connectivity index (χ3n) is 2.59. The molecule has 0 unspecified atom stereocenters. The third kappa shape index (κ3) is 3.21. The fourth-order valence-electron chi connectivity index (χ4n) is 1.62. The van der Waals surface area contributed by atoms with E-state index in [-0.39, 0.29) is 0 Å². The van der Waals surface area contributed by atoms with Crippen molar-refractivity contribution < 1.29 is 9.47 Å². The molecule has 0 aliphatic heterocycles. The van der Waals surface area contributed by atoms with Crippen molar-refractivity contribution in [3.63, 3.8) is 0 Å². The summed E-state index contributed by atoms with van der Waals surface area (Å²) >= 11 is 1.59. The molecule has 0 saturated heterocycles. The van der Waals surface area contributed by atoms with Crippen molar-refractivity contribution in [3.05, 3.63) is 48.0 Å². The normalized spacial score (nSPS) is 9.74. The van der Waals surface area contributed by atoms with Gasteiger partial charge < -0.3 is 9.47 Å². The first kappa shape index (κ1) is 13.3. The second-order valence-corrected chi connectivity index (χ2v) is 4.90. The lowest BCUT2D eigenvalue weighted by atomic mass is 10.2. The van der Waals surface area contributed by atoms with Crippen LogP contribution in [0.25, 0.3) is 0 Å². The molecule has 4 heteroatoms. The summed E-state index contributed by atoms with van der Waals surface area (Å²) in [5.74, 6) is 1.43. The van der Waals surface area contributed by atoms with Gasteiger partial charge >= 0.3 is 0 Å². The predicted molar refractivity (Wildman–Crippen MR) is 74.8 cm³/mol. The molecule has 2 rings (SSSR count). The topological polar surface area (TPSA) is 42.2 Å². The number of rotatable bonds is 4. The molecular weight excluding hydrogens is 258 g/mol. The Balaban J connectivity index is 2.21. The minimum absolute atomic E-state index is 0.543. The van der Waals surface area contributed by atoms with E-state index in [9.17, 15) is 0 Å². The molecule has 0 bridgehead atoms. The molecule has 19 heavy (non-hydrogen) atoms. The Labute approximate surface area is 116 Å². The quantitative estimate of drug-likeness (QED) is 0.849. The molecule has 0 aliphatic carbocycles. The van der Waals surface area contributed by atoms with Gasteiger partial charge in [0.25, 0.3) is 0 Å². The lowest BCUT2D eigenvalue weighted by Crippen LogP contribution is -1.88. The highest BCUT2D eigenvalue weighted by atomic mass is 32.2. The Bertz CT molecular complexity index is 603. The molecule has 0 saturated carbocycles. The van der Waals surface area contributed by atoms with Crippen molar-refractivity contribution in [1.82, 2.24) is 0 Å². The van der Waals surface area contributed by atoms with Crippen LogP contribution in [0.1, 0.15) is 5.56 Å². The van der Waals surface area contributed by atoms with Crippen LogP contribution in [0, 0.1) is 11.3 Å². The fraction of sp³-hybridized carbons (Fsp3) is 0.133. The average molecular weight is 271 g/mol. The Kier molecular flexibility index (Phi) is 4.32. The van der Waals surface area contributed by atoms with E-state index in [1.807, 2.05) is 42.5 Å². The van der Waals surface area contributed by atoms with E-state index in [1.54, 1.807) is 26.0 Å². The Morgan fingerprint density at radius 1 is 0.947 bits per heavy atom. The molecule has 96 valence electrons. The summed E-state index contributed by atoms with van der Waals surface area (Å²) < 4.78 is 10.2. The number of nitriles is 1. The Morgan fingerprint density at radius 2 is 1.63 bits per heavy atom. The van der Waals surface area contributed by atoms with Crippen LogP contribution < -0.4 is 9.47 Å². The SMILES string of the molecule is COc1ccc(Sc2ccc(OC)c(C#N)c2)cc1. The molecule has 2 aromatic carbocycles. The highest BCUT2D eigenvalue weighted by Crippen LogP contribution is 2.31. The van der Waals surface area contributed by atoms with Crippen LogP contribution in [0.3, 0.4) is 0 Å². The Hall–Kier alpha value is -2.12. The second kappa shape index (κ2) is 6.17. The zero-order chi connectivity index (χ0) is 13.7. The summed E-state index contributed by atoms with van der Waals surface area (Å²) in [4.78, 5) is 2.09. The van der Waals surface area contributed by atoms with E-state index in [0.29, 0.717) is 11.3 Å². The molecular formula is C15H13NO2S. The van der Waals surface area contributed by atoms with Crippen LogP contribution in [0.4, 0.5) is 0 Å². The lowest BCUT2D eigenvalue weighted by molar-refractivity contribution is 0.413. The molecule has 0 aliphatic rings. The zero-order valence-electron chi connectivity index (χ0n) is 10.7. The van der Waals surface area contributed by atoms with Crippen molar-refractivity contribution in [1.29, 1.82) is 5.26 Å². The first-order valence-corrected chi connectivity index (χ1v) is 6.48. The largest absolute Gasteiger partial charge is 0.497 e. The smallest absolute Gasteiger partial charge is 0.136 e. The molecule has 2 aromatic rings. The van der Waals surface area contributed by atoms with Crippen LogP contribution in [0.5, 0.6) is 11.5 Å². The summed E-state index contributed by atoms with van der Waals surface area (Å²) in [6.07, 6.45) is 0. The molecule has 0 heterocycles. The maximum atomic E-state index is 9.05. The maximum absolute atomic E-state index is 9.05. The molecule has 0 spiro atoms. The minimum atomic E-state index is 0.543.